The van der Waals surface area contributed by atoms with E-state index in [2.05, 4.69) is 32.5 Å². The highest BCUT2D eigenvalue weighted by Crippen LogP contribution is 2.33. The van der Waals surface area contributed by atoms with Crippen molar-refractivity contribution in [2.45, 2.75) is 13.5 Å². The topological polar surface area (TPSA) is 95.3 Å². The van der Waals surface area contributed by atoms with E-state index < -0.39 is 0 Å². The molecule has 0 fully saturated rings. The van der Waals surface area contributed by atoms with Crippen molar-refractivity contribution in [3.8, 4) is 11.1 Å². The van der Waals surface area contributed by atoms with Gasteiger partial charge in [-0.25, -0.2) is 9.50 Å². The van der Waals surface area contributed by atoms with Crippen LogP contribution in [0.4, 0.5) is 5.69 Å². The summed E-state index contributed by atoms with van der Waals surface area (Å²) in [6.07, 6.45) is 4.90. The number of nitrogens with one attached hydrogen (secondary N) is 2. The summed E-state index contributed by atoms with van der Waals surface area (Å²) in [4.78, 5) is 20.7. The largest absolute Gasteiger partial charge is 0.392 e. The number of aryl methyl sites for hydroxylation is 1. The van der Waals surface area contributed by atoms with Gasteiger partial charge < -0.3 is 15.4 Å². The lowest BCUT2D eigenvalue weighted by molar-refractivity contribution is 0.102. The fourth-order valence-corrected chi connectivity index (χ4v) is 3.63. The number of rotatable bonds is 4. The molecule has 0 radical (unpaired) electrons. The summed E-state index contributed by atoms with van der Waals surface area (Å²) in [5.74, 6) is -0.278. The van der Waals surface area contributed by atoms with Gasteiger partial charge in [0.15, 0.2) is 5.65 Å². The molecule has 0 unspecified atom stereocenters. The third kappa shape index (κ3) is 3.11. The Hall–Kier alpha value is -3.97. The van der Waals surface area contributed by atoms with Crippen LogP contribution in [0.5, 0.6) is 0 Å². The molecule has 0 saturated heterocycles. The number of aliphatic hydroxyl groups is 1. The third-order valence-electron chi connectivity index (χ3n) is 5.11. The Labute approximate surface area is 172 Å². The fraction of sp³-hybridized carbons (Fsp3) is 0.0870. The minimum absolute atomic E-state index is 0.0123. The summed E-state index contributed by atoms with van der Waals surface area (Å²) in [6, 6.07) is 15.5. The number of aromatic amines is 1. The highest BCUT2D eigenvalue weighted by Gasteiger charge is 2.17. The molecule has 2 aromatic carbocycles. The lowest BCUT2D eigenvalue weighted by Crippen LogP contribution is -2.13. The molecule has 5 rings (SSSR count). The lowest BCUT2D eigenvalue weighted by Gasteiger charge is -2.12. The number of hydrogen-bond donors (Lipinski definition) is 3. The Morgan fingerprint density at radius 1 is 1.20 bits per heavy atom. The van der Waals surface area contributed by atoms with E-state index in [-0.39, 0.29) is 12.5 Å². The van der Waals surface area contributed by atoms with Gasteiger partial charge in [-0.1, -0.05) is 24.3 Å². The molecule has 1 amide bonds. The maximum absolute atomic E-state index is 13.1. The van der Waals surface area contributed by atoms with E-state index in [4.69, 9.17) is 0 Å². The summed E-state index contributed by atoms with van der Waals surface area (Å²) < 4.78 is 1.57. The molecule has 0 aliphatic heterocycles. The highest BCUT2D eigenvalue weighted by atomic mass is 16.3. The minimum Gasteiger partial charge on any atom is -0.392 e. The summed E-state index contributed by atoms with van der Waals surface area (Å²) in [7, 11) is 0. The Morgan fingerprint density at radius 3 is 2.83 bits per heavy atom. The Morgan fingerprint density at radius 2 is 2.03 bits per heavy atom. The zero-order chi connectivity index (χ0) is 20.7. The number of H-pyrrole nitrogens is 1. The zero-order valence-corrected chi connectivity index (χ0v) is 16.3. The van der Waals surface area contributed by atoms with E-state index in [0.717, 1.165) is 33.3 Å². The second-order valence-electron chi connectivity index (χ2n) is 7.19. The van der Waals surface area contributed by atoms with Gasteiger partial charge in [0.25, 0.3) is 5.91 Å². The molecule has 3 aromatic heterocycles. The van der Waals surface area contributed by atoms with Gasteiger partial charge in [0.1, 0.15) is 5.56 Å². The van der Waals surface area contributed by atoms with E-state index in [0.29, 0.717) is 16.9 Å². The first-order valence-corrected chi connectivity index (χ1v) is 9.55. The minimum atomic E-state index is -0.278. The molecule has 0 spiro atoms. The number of aliphatic hydroxyl groups excluding tert-OH is 1. The van der Waals surface area contributed by atoms with Crippen LogP contribution in [-0.2, 0) is 6.61 Å². The molecule has 0 saturated carbocycles. The van der Waals surface area contributed by atoms with E-state index in [1.54, 1.807) is 23.0 Å². The molecule has 3 N–H and O–H groups in total. The second kappa shape index (κ2) is 7.13. The van der Waals surface area contributed by atoms with Crippen molar-refractivity contribution in [1.82, 2.24) is 19.6 Å². The maximum atomic E-state index is 13.1. The molecule has 0 aliphatic rings. The van der Waals surface area contributed by atoms with Crippen molar-refractivity contribution < 1.29 is 9.90 Å². The summed E-state index contributed by atoms with van der Waals surface area (Å²) in [5, 5.41) is 17.6. The van der Waals surface area contributed by atoms with Gasteiger partial charge in [-0.15, -0.1) is 0 Å². The summed E-state index contributed by atoms with van der Waals surface area (Å²) in [6.45, 7) is 1.99. The first kappa shape index (κ1) is 18.1. The van der Waals surface area contributed by atoms with Crippen molar-refractivity contribution >= 4 is 28.1 Å². The van der Waals surface area contributed by atoms with Crippen LogP contribution in [0, 0.1) is 6.92 Å². The lowest BCUT2D eigenvalue weighted by atomic mass is 10.00. The number of aromatic nitrogens is 4. The Kier molecular flexibility index (Phi) is 4.30. The number of hydrogen-bond acceptors (Lipinski definition) is 4. The monoisotopic (exact) mass is 397 g/mol. The normalized spacial score (nSPS) is 11.3. The highest BCUT2D eigenvalue weighted by molar-refractivity contribution is 6.10. The second-order valence-corrected chi connectivity index (χ2v) is 7.19. The molecule has 3 heterocycles. The van der Waals surface area contributed by atoms with Gasteiger partial charge in [0.2, 0.25) is 0 Å². The number of amides is 1. The standard InChI is InChI=1S/C23H19N5O2/c1-14-9-17-10-18(16-5-3-15(13-29)4-6-16)21(11-20(17)26-14)27-23(30)19-12-25-28-8-2-7-24-22(19)28/h2-12,26,29H,13H2,1H3,(H,27,30). The maximum Gasteiger partial charge on any atom is 0.261 e. The molecule has 7 heteroatoms. The van der Waals surface area contributed by atoms with E-state index in [1.807, 2.05) is 37.3 Å². The van der Waals surface area contributed by atoms with E-state index in [1.165, 1.54) is 6.20 Å². The average Bonchev–Trinajstić information content (AvgIpc) is 3.35. The van der Waals surface area contributed by atoms with Gasteiger partial charge in [0.05, 0.1) is 18.5 Å². The fourth-order valence-electron chi connectivity index (χ4n) is 3.63. The van der Waals surface area contributed by atoms with Gasteiger partial charge in [-0.05, 0) is 42.3 Å². The van der Waals surface area contributed by atoms with Gasteiger partial charge in [-0.3, -0.25) is 4.79 Å². The smallest absolute Gasteiger partial charge is 0.261 e. The Bertz CT molecular complexity index is 1380. The van der Waals surface area contributed by atoms with Crippen LogP contribution < -0.4 is 5.32 Å². The van der Waals surface area contributed by atoms with Crippen LogP contribution in [-0.4, -0.2) is 30.6 Å². The number of nitrogens with zero attached hydrogens (tertiary/aromatic N) is 3. The predicted molar refractivity (Wildman–Crippen MR) is 115 cm³/mol. The molecule has 0 atom stereocenters. The van der Waals surface area contributed by atoms with Crippen LogP contribution in [0.3, 0.4) is 0 Å². The molecule has 148 valence electrons. The van der Waals surface area contributed by atoms with Crippen LogP contribution in [0.15, 0.2) is 67.1 Å². The van der Waals surface area contributed by atoms with Crippen LogP contribution >= 0.6 is 0 Å². The van der Waals surface area contributed by atoms with Gasteiger partial charge in [-0.2, -0.15) is 5.10 Å². The number of carbonyl (C=O) groups excluding carboxylic acids is 1. The number of benzene rings is 2. The van der Waals surface area contributed by atoms with E-state index in [9.17, 15) is 9.90 Å². The van der Waals surface area contributed by atoms with Crippen molar-refractivity contribution in [2.24, 2.45) is 0 Å². The molecule has 30 heavy (non-hydrogen) atoms. The van der Waals surface area contributed by atoms with Crippen molar-refractivity contribution in [2.75, 3.05) is 5.32 Å². The van der Waals surface area contributed by atoms with Crippen LogP contribution in [0.2, 0.25) is 0 Å². The molecular weight excluding hydrogens is 378 g/mol. The van der Waals surface area contributed by atoms with E-state index >= 15 is 0 Å². The molecule has 7 nitrogen and oxygen atoms in total. The van der Waals surface area contributed by atoms with Crippen molar-refractivity contribution in [3.63, 3.8) is 0 Å². The first-order valence-electron chi connectivity index (χ1n) is 9.55. The number of anilines is 1. The number of carbonyl (C=O) groups is 1. The third-order valence-corrected chi connectivity index (χ3v) is 5.11. The predicted octanol–water partition coefficient (Wildman–Crippen LogP) is 3.93. The van der Waals surface area contributed by atoms with Crippen LogP contribution in [0.25, 0.3) is 27.7 Å². The zero-order valence-electron chi connectivity index (χ0n) is 16.3. The molecule has 0 bridgehead atoms. The quantitative estimate of drug-likeness (QED) is 0.428. The summed E-state index contributed by atoms with van der Waals surface area (Å²) in [5.41, 5.74) is 6.24. The SMILES string of the molecule is Cc1cc2cc(-c3ccc(CO)cc3)c(NC(=O)c3cnn4cccnc34)cc2[nH]1. The van der Waals surface area contributed by atoms with Crippen LogP contribution in [0.1, 0.15) is 21.6 Å². The molecule has 5 aromatic rings. The van der Waals surface area contributed by atoms with Crippen molar-refractivity contribution in [3.05, 3.63) is 83.9 Å². The molecule has 0 aliphatic carbocycles. The average molecular weight is 397 g/mol. The Balaban J connectivity index is 1.60. The van der Waals surface area contributed by atoms with Gasteiger partial charge >= 0.3 is 0 Å². The summed E-state index contributed by atoms with van der Waals surface area (Å²) >= 11 is 0. The molecular formula is C23H19N5O2. The number of fused-ring (bicyclic) bond motifs is 2. The first-order chi connectivity index (χ1) is 14.6. The van der Waals surface area contributed by atoms with Crippen molar-refractivity contribution in [1.29, 1.82) is 0 Å². The van der Waals surface area contributed by atoms with Gasteiger partial charge in [0, 0.05) is 34.6 Å².